The van der Waals surface area contributed by atoms with Crippen molar-refractivity contribution in [2.24, 2.45) is 7.05 Å². The molecule has 2 aromatic rings. The molecule has 6 heteroatoms. The van der Waals surface area contributed by atoms with Gasteiger partial charge in [-0.1, -0.05) is 39.7 Å². The predicted octanol–water partition coefficient (Wildman–Crippen LogP) is 2.25. The zero-order valence-electron chi connectivity index (χ0n) is 8.45. The molecule has 0 saturated carbocycles. The summed E-state index contributed by atoms with van der Waals surface area (Å²) in [7, 11) is 1.67. The van der Waals surface area contributed by atoms with Gasteiger partial charge in [-0.2, -0.15) is 5.10 Å². The van der Waals surface area contributed by atoms with Gasteiger partial charge in [0, 0.05) is 12.1 Å². The van der Waals surface area contributed by atoms with Gasteiger partial charge in [-0.3, -0.25) is 4.57 Å². The molecule has 1 aromatic carbocycles. The highest BCUT2D eigenvalue weighted by atomic mass is 79.9. The van der Waals surface area contributed by atoms with E-state index in [2.05, 4.69) is 26.1 Å². The highest BCUT2D eigenvalue weighted by molar-refractivity contribution is 9.09. The number of hydrogen-bond acceptors (Lipinski definition) is 2. The monoisotopic (exact) mass is 301 g/mol. The van der Waals surface area contributed by atoms with E-state index in [-0.39, 0.29) is 10.5 Å². The Morgan fingerprint density at radius 1 is 1.44 bits per heavy atom. The van der Waals surface area contributed by atoms with Crippen molar-refractivity contribution in [2.75, 3.05) is 0 Å². The summed E-state index contributed by atoms with van der Waals surface area (Å²) < 4.78 is 1.47. The molecule has 16 heavy (non-hydrogen) atoms. The molecule has 0 aliphatic heterocycles. The first-order valence-electron chi connectivity index (χ1n) is 4.60. The van der Waals surface area contributed by atoms with Crippen LogP contribution in [0.3, 0.4) is 0 Å². The van der Waals surface area contributed by atoms with Crippen LogP contribution in [-0.2, 0) is 7.05 Å². The predicted molar refractivity (Wildman–Crippen MR) is 66.1 cm³/mol. The van der Waals surface area contributed by atoms with Gasteiger partial charge in [-0.05, 0) is 17.7 Å². The minimum Gasteiger partial charge on any atom is -0.281 e. The first-order chi connectivity index (χ1) is 7.59. The third kappa shape index (κ3) is 2.05. The van der Waals surface area contributed by atoms with Crippen molar-refractivity contribution in [3.63, 3.8) is 0 Å². The summed E-state index contributed by atoms with van der Waals surface area (Å²) in [6.45, 7) is 0. The Labute approximate surface area is 105 Å². The lowest BCUT2D eigenvalue weighted by atomic mass is 10.1. The molecule has 1 heterocycles. The second-order valence-corrected chi connectivity index (χ2v) is 4.71. The Kier molecular flexibility index (Phi) is 3.16. The summed E-state index contributed by atoms with van der Waals surface area (Å²) in [5.41, 5.74) is 0.764. The van der Waals surface area contributed by atoms with Crippen LogP contribution in [0.5, 0.6) is 0 Å². The van der Waals surface area contributed by atoms with Gasteiger partial charge in [0.25, 0.3) is 0 Å². The van der Waals surface area contributed by atoms with E-state index >= 15 is 0 Å². The average Bonchev–Trinajstić information content (AvgIpc) is 2.60. The number of nitrogens with one attached hydrogen (secondary N) is 1. The minimum atomic E-state index is -0.228. The number of alkyl halides is 1. The van der Waals surface area contributed by atoms with Crippen molar-refractivity contribution in [1.82, 2.24) is 14.8 Å². The van der Waals surface area contributed by atoms with E-state index in [1.54, 1.807) is 19.2 Å². The maximum Gasteiger partial charge on any atom is 0.343 e. The Bertz CT molecular complexity index is 546. The molecule has 0 saturated heterocycles. The Balaban J connectivity index is 2.39. The van der Waals surface area contributed by atoms with Crippen molar-refractivity contribution in [3.05, 3.63) is 51.2 Å². The molecule has 0 aliphatic carbocycles. The molecule has 84 valence electrons. The largest absolute Gasteiger partial charge is 0.343 e. The van der Waals surface area contributed by atoms with Gasteiger partial charge in [-0.25, -0.2) is 9.89 Å². The van der Waals surface area contributed by atoms with Gasteiger partial charge in [-0.15, -0.1) is 0 Å². The van der Waals surface area contributed by atoms with E-state index in [4.69, 9.17) is 11.6 Å². The second kappa shape index (κ2) is 4.43. The minimum absolute atomic E-state index is 0.131. The molecule has 0 radical (unpaired) electrons. The van der Waals surface area contributed by atoms with Crippen LogP contribution in [0.4, 0.5) is 0 Å². The third-order valence-electron chi connectivity index (χ3n) is 2.30. The third-order valence-corrected chi connectivity index (χ3v) is 3.49. The highest BCUT2D eigenvalue weighted by Gasteiger charge is 2.16. The van der Waals surface area contributed by atoms with E-state index in [0.29, 0.717) is 10.8 Å². The lowest BCUT2D eigenvalue weighted by molar-refractivity contribution is 0.794. The molecule has 0 amide bonds. The molecule has 1 unspecified atom stereocenters. The van der Waals surface area contributed by atoms with Crippen molar-refractivity contribution in [1.29, 1.82) is 0 Å². The molecule has 0 aliphatic rings. The zero-order valence-corrected chi connectivity index (χ0v) is 10.8. The van der Waals surface area contributed by atoms with Crippen LogP contribution in [0.15, 0.2) is 29.1 Å². The van der Waals surface area contributed by atoms with Gasteiger partial charge in [0.05, 0.1) is 4.83 Å². The molecule has 0 spiro atoms. The van der Waals surface area contributed by atoms with E-state index in [1.165, 1.54) is 4.57 Å². The van der Waals surface area contributed by atoms with Crippen molar-refractivity contribution >= 4 is 27.5 Å². The van der Waals surface area contributed by atoms with Crippen LogP contribution in [0.2, 0.25) is 5.02 Å². The number of H-pyrrole nitrogens is 1. The first kappa shape index (κ1) is 11.4. The number of aromatic amines is 1. The summed E-state index contributed by atoms with van der Waals surface area (Å²) in [5.74, 6) is 0.632. The Hall–Kier alpha value is -1.07. The lowest BCUT2D eigenvalue weighted by Gasteiger charge is -2.08. The Morgan fingerprint density at radius 3 is 2.56 bits per heavy atom. The fourth-order valence-electron chi connectivity index (χ4n) is 1.37. The summed E-state index contributed by atoms with van der Waals surface area (Å²) in [5, 5.41) is 7.04. The van der Waals surface area contributed by atoms with Gasteiger partial charge >= 0.3 is 5.69 Å². The first-order valence-corrected chi connectivity index (χ1v) is 5.90. The molecule has 2 rings (SSSR count). The van der Waals surface area contributed by atoms with Crippen LogP contribution in [0.25, 0.3) is 0 Å². The van der Waals surface area contributed by atoms with Crippen LogP contribution in [0, 0.1) is 0 Å². The van der Waals surface area contributed by atoms with Gasteiger partial charge in [0.1, 0.15) is 0 Å². The fraction of sp³-hybridized carbons (Fsp3) is 0.200. The highest BCUT2D eigenvalue weighted by Crippen LogP contribution is 2.28. The van der Waals surface area contributed by atoms with E-state index in [1.807, 2.05) is 12.1 Å². The smallest absolute Gasteiger partial charge is 0.281 e. The summed E-state index contributed by atoms with van der Waals surface area (Å²) in [6, 6.07) is 7.38. The quantitative estimate of drug-likeness (QED) is 0.865. The van der Waals surface area contributed by atoms with Gasteiger partial charge in [0.15, 0.2) is 5.82 Å². The second-order valence-electron chi connectivity index (χ2n) is 3.36. The number of halogens is 2. The maximum atomic E-state index is 11.2. The summed E-state index contributed by atoms with van der Waals surface area (Å²) in [6.07, 6.45) is 0. The number of hydrogen-bond donors (Lipinski definition) is 1. The van der Waals surface area contributed by atoms with Gasteiger partial charge in [0.2, 0.25) is 0 Å². The Morgan fingerprint density at radius 2 is 2.06 bits per heavy atom. The van der Waals surface area contributed by atoms with Crippen LogP contribution >= 0.6 is 27.5 Å². The normalized spacial score (nSPS) is 12.7. The molecule has 1 atom stereocenters. The number of aromatic nitrogens is 3. The summed E-state index contributed by atoms with van der Waals surface area (Å²) >= 11 is 9.30. The van der Waals surface area contributed by atoms with Crippen molar-refractivity contribution in [2.45, 2.75) is 4.83 Å². The number of rotatable bonds is 2. The van der Waals surface area contributed by atoms with E-state index < -0.39 is 0 Å². The summed E-state index contributed by atoms with van der Waals surface area (Å²) in [4.78, 5) is 11.1. The van der Waals surface area contributed by atoms with Crippen LogP contribution in [-0.4, -0.2) is 14.8 Å². The van der Waals surface area contributed by atoms with Crippen LogP contribution in [0.1, 0.15) is 16.2 Å². The number of benzene rings is 1. The van der Waals surface area contributed by atoms with E-state index in [9.17, 15) is 4.79 Å². The molecular weight excluding hydrogens is 293 g/mol. The molecular formula is C10H9BrClN3O. The van der Waals surface area contributed by atoms with Crippen molar-refractivity contribution < 1.29 is 0 Å². The molecule has 1 aromatic heterocycles. The fourth-order valence-corrected chi connectivity index (χ4v) is 2.21. The van der Waals surface area contributed by atoms with Gasteiger partial charge < -0.3 is 0 Å². The maximum absolute atomic E-state index is 11.2. The molecule has 0 bridgehead atoms. The zero-order chi connectivity index (χ0) is 11.7. The van der Waals surface area contributed by atoms with E-state index in [0.717, 1.165) is 5.56 Å². The van der Waals surface area contributed by atoms with Crippen LogP contribution < -0.4 is 5.69 Å². The lowest BCUT2D eigenvalue weighted by Crippen LogP contribution is -2.15. The average molecular weight is 303 g/mol. The number of nitrogens with zero attached hydrogens (tertiary/aromatic N) is 2. The molecule has 0 fully saturated rings. The molecule has 4 nitrogen and oxygen atoms in total. The molecule has 1 N–H and O–H groups in total. The van der Waals surface area contributed by atoms with Crippen molar-refractivity contribution in [3.8, 4) is 0 Å². The topological polar surface area (TPSA) is 50.7 Å². The SMILES string of the molecule is Cn1c(C(Br)c2ccc(Cl)cc2)n[nH]c1=O. The standard InChI is InChI=1S/C10H9BrClN3O/c1-15-9(13-14-10(15)16)8(11)6-2-4-7(12)5-3-6/h2-5,8H,1H3,(H,14,16).